The Morgan fingerprint density at radius 1 is 0.690 bits per heavy atom. The van der Waals surface area contributed by atoms with Gasteiger partial charge in [0.2, 0.25) is 0 Å². The zero-order chi connectivity index (χ0) is 19.3. The summed E-state index contributed by atoms with van der Waals surface area (Å²) in [5.74, 6) is 0. The number of nitrogens with one attached hydrogen (secondary N) is 1. The summed E-state index contributed by atoms with van der Waals surface area (Å²) in [6, 6.07) is 26.1. The third-order valence-electron chi connectivity index (χ3n) is 6.80. The number of rotatable bonds is 0. The van der Waals surface area contributed by atoms with Gasteiger partial charge in [-0.15, -0.1) is 0 Å². The van der Waals surface area contributed by atoms with E-state index in [2.05, 4.69) is 85.6 Å². The van der Waals surface area contributed by atoms with Gasteiger partial charge in [0.25, 0.3) is 0 Å². The first-order valence-corrected chi connectivity index (χ1v) is 10.1. The fourth-order valence-corrected chi connectivity index (χ4v) is 5.38. The van der Waals surface area contributed by atoms with Crippen LogP contribution in [0.3, 0.4) is 0 Å². The Morgan fingerprint density at radius 2 is 1.48 bits per heavy atom. The van der Waals surface area contributed by atoms with Crippen LogP contribution in [-0.4, -0.2) is 4.98 Å². The topological polar surface area (TPSA) is 28.9 Å². The Morgan fingerprint density at radius 3 is 2.38 bits per heavy atom. The van der Waals surface area contributed by atoms with Gasteiger partial charge in [-0.1, -0.05) is 56.3 Å². The third kappa shape index (κ3) is 1.78. The predicted octanol–water partition coefficient (Wildman–Crippen LogP) is 7.53. The molecule has 0 fully saturated rings. The number of hydrogen-bond donors (Lipinski definition) is 1. The average Bonchev–Trinajstić information content (AvgIpc) is 3.35. The summed E-state index contributed by atoms with van der Waals surface area (Å²) >= 11 is 0. The fraction of sp³-hybridized carbons (Fsp3) is 0.111. The van der Waals surface area contributed by atoms with Gasteiger partial charge in [-0.05, 0) is 52.6 Å². The number of hydrogen-bond acceptors (Lipinski definition) is 1. The second kappa shape index (κ2) is 4.90. The highest BCUT2D eigenvalue weighted by Gasteiger charge is 2.38. The molecule has 0 aliphatic heterocycles. The largest absolute Gasteiger partial charge is 0.456 e. The number of aromatic amines is 1. The SMILES string of the molecule is CC1(C)c2cc3[nH]c4ccccc4c3cc2-c2c1ccc1oc3ccccc3c21. The zero-order valence-corrected chi connectivity index (χ0v) is 16.3. The maximum absolute atomic E-state index is 6.20. The highest BCUT2D eigenvalue weighted by molar-refractivity contribution is 6.17. The van der Waals surface area contributed by atoms with Crippen LogP contribution in [0.1, 0.15) is 25.0 Å². The van der Waals surface area contributed by atoms with E-state index in [1.54, 1.807) is 0 Å². The summed E-state index contributed by atoms with van der Waals surface area (Å²) in [6.07, 6.45) is 0. The monoisotopic (exact) mass is 373 g/mol. The number of H-pyrrole nitrogens is 1. The number of furan rings is 1. The summed E-state index contributed by atoms with van der Waals surface area (Å²) in [5.41, 5.74) is 9.69. The Bertz CT molecular complexity index is 1630. The minimum absolute atomic E-state index is 0.0529. The molecule has 1 N–H and O–H groups in total. The molecule has 0 amide bonds. The maximum atomic E-state index is 6.20. The number of aromatic nitrogens is 1. The van der Waals surface area contributed by atoms with Gasteiger partial charge in [0.1, 0.15) is 11.2 Å². The van der Waals surface area contributed by atoms with Crippen molar-refractivity contribution in [1.29, 1.82) is 0 Å². The highest BCUT2D eigenvalue weighted by Crippen LogP contribution is 2.54. The summed E-state index contributed by atoms with van der Waals surface area (Å²) in [6.45, 7) is 4.67. The second-order valence-corrected chi connectivity index (χ2v) is 8.70. The normalized spacial score (nSPS) is 14.8. The minimum atomic E-state index is -0.0529. The molecular formula is C27H19NO. The summed E-state index contributed by atoms with van der Waals surface area (Å²) < 4.78 is 6.20. The van der Waals surface area contributed by atoms with E-state index in [1.165, 1.54) is 54.8 Å². The maximum Gasteiger partial charge on any atom is 0.136 e. The first kappa shape index (κ1) is 15.4. The van der Waals surface area contributed by atoms with Crippen molar-refractivity contribution in [3.63, 3.8) is 0 Å². The molecule has 0 saturated heterocycles. The van der Waals surface area contributed by atoms with E-state index in [-0.39, 0.29) is 5.41 Å². The van der Waals surface area contributed by atoms with Crippen molar-refractivity contribution in [3.05, 3.63) is 83.9 Å². The molecule has 0 radical (unpaired) electrons. The van der Waals surface area contributed by atoms with Crippen molar-refractivity contribution in [2.75, 3.05) is 0 Å². The second-order valence-electron chi connectivity index (χ2n) is 8.70. The van der Waals surface area contributed by atoms with E-state index >= 15 is 0 Å². The van der Waals surface area contributed by atoms with E-state index in [1.807, 2.05) is 6.07 Å². The lowest BCUT2D eigenvalue weighted by molar-refractivity contribution is 0.657. The van der Waals surface area contributed by atoms with Gasteiger partial charge in [-0.25, -0.2) is 0 Å². The van der Waals surface area contributed by atoms with E-state index in [0.717, 1.165) is 11.2 Å². The quantitative estimate of drug-likeness (QED) is 0.293. The molecule has 0 spiro atoms. The van der Waals surface area contributed by atoms with E-state index in [9.17, 15) is 0 Å². The lowest BCUT2D eigenvalue weighted by Crippen LogP contribution is -2.14. The molecule has 7 rings (SSSR count). The van der Waals surface area contributed by atoms with Crippen molar-refractivity contribution in [3.8, 4) is 11.1 Å². The average molecular weight is 373 g/mol. The van der Waals surface area contributed by atoms with Crippen LogP contribution in [0.5, 0.6) is 0 Å². The molecule has 29 heavy (non-hydrogen) atoms. The van der Waals surface area contributed by atoms with Crippen LogP contribution in [0.2, 0.25) is 0 Å². The molecule has 0 atom stereocenters. The molecule has 6 aromatic rings. The Balaban J connectivity index is 1.70. The number of fused-ring (bicyclic) bond motifs is 10. The van der Waals surface area contributed by atoms with Crippen molar-refractivity contribution < 1.29 is 4.42 Å². The van der Waals surface area contributed by atoms with Crippen LogP contribution < -0.4 is 0 Å². The first-order valence-electron chi connectivity index (χ1n) is 10.1. The number of benzene rings is 4. The fourth-order valence-electron chi connectivity index (χ4n) is 5.38. The third-order valence-corrected chi connectivity index (χ3v) is 6.80. The van der Waals surface area contributed by atoms with Crippen molar-refractivity contribution in [2.24, 2.45) is 0 Å². The lowest BCUT2D eigenvalue weighted by atomic mass is 9.82. The van der Waals surface area contributed by atoms with E-state index in [4.69, 9.17) is 4.42 Å². The van der Waals surface area contributed by atoms with E-state index < -0.39 is 0 Å². The van der Waals surface area contributed by atoms with Crippen molar-refractivity contribution in [1.82, 2.24) is 4.98 Å². The standard InChI is InChI=1S/C27H19NO/c1-27(2)19-11-12-24-26(16-8-4-6-10-23(16)29-24)25(19)18-13-17-15-7-3-5-9-21(15)28-22(17)14-20(18)27/h3-14,28H,1-2H3. The smallest absolute Gasteiger partial charge is 0.136 e. The van der Waals surface area contributed by atoms with Gasteiger partial charge >= 0.3 is 0 Å². The van der Waals surface area contributed by atoms with Gasteiger partial charge in [-0.2, -0.15) is 0 Å². The van der Waals surface area contributed by atoms with Crippen LogP contribution in [0.4, 0.5) is 0 Å². The molecule has 2 heterocycles. The molecule has 1 aliphatic carbocycles. The molecule has 2 aromatic heterocycles. The Labute approximate surface area is 167 Å². The molecule has 0 bridgehead atoms. The van der Waals surface area contributed by atoms with Gasteiger partial charge < -0.3 is 9.40 Å². The van der Waals surface area contributed by atoms with Gasteiger partial charge in [-0.3, -0.25) is 0 Å². The van der Waals surface area contributed by atoms with Crippen LogP contribution in [-0.2, 0) is 5.41 Å². The van der Waals surface area contributed by atoms with E-state index in [0.29, 0.717) is 0 Å². The summed E-state index contributed by atoms with van der Waals surface area (Å²) in [5, 5.41) is 5.00. The molecule has 4 aromatic carbocycles. The minimum Gasteiger partial charge on any atom is -0.456 e. The van der Waals surface area contributed by atoms with Crippen molar-refractivity contribution in [2.45, 2.75) is 19.3 Å². The van der Waals surface area contributed by atoms with Gasteiger partial charge in [0.05, 0.1) is 0 Å². The molecule has 2 heteroatoms. The summed E-state index contributed by atoms with van der Waals surface area (Å²) in [7, 11) is 0. The molecule has 0 saturated carbocycles. The van der Waals surface area contributed by atoms with Crippen molar-refractivity contribution >= 4 is 43.7 Å². The Kier molecular flexibility index (Phi) is 2.60. The molecular weight excluding hydrogens is 354 g/mol. The molecule has 1 aliphatic rings. The van der Waals surface area contributed by atoms with Crippen LogP contribution >= 0.6 is 0 Å². The molecule has 0 unspecified atom stereocenters. The Hall–Kier alpha value is -3.52. The molecule has 2 nitrogen and oxygen atoms in total. The highest BCUT2D eigenvalue weighted by atomic mass is 16.3. The lowest BCUT2D eigenvalue weighted by Gasteiger charge is -2.21. The molecule has 138 valence electrons. The zero-order valence-electron chi connectivity index (χ0n) is 16.3. The van der Waals surface area contributed by atoms with Crippen LogP contribution in [0.25, 0.3) is 54.9 Å². The predicted molar refractivity (Wildman–Crippen MR) is 121 cm³/mol. The van der Waals surface area contributed by atoms with Gasteiger partial charge in [0, 0.05) is 38.0 Å². The first-order chi connectivity index (χ1) is 14.1. The van der Waals surface area contributed by atoms with Crippen LogP contribution in [0.15, 0.2) is 77.2 Å². The van der Waals surface area contributed by atoms with Gasteiger partial charge in [0.15, 0.2) is 0 Å². The summed E-state index contributed by atoms with van der Waals surface area (Å²) in [4.78, 5) is 3.62. The number of para-hydroxylation sites is 2. The van der Waals surface area contributed by atoms with Crippen LogP contribution in [0, 0.1) is 0 Å².